The molecule has 2 atom stereocenters. The van der Waals surface area contributed by atoms with Gasteiger partial charge in [0.2, 0.25) is 0 Å². The molecule has 0 aliphatic heterocycles. The number of allylic oxidation sites excluding steroid dienone is 10. The molecule has 0 aromatic rings. The number of phosphoric ester groups is 1. The van der Waals surface area contributed by atoms with Gasteiger partial charge >= 0.3 is 19.8 Å². The fraction of sp³-hybridized carbons (Fsp3) is 0.750. The molecule has 10 heteroatoms. The molecule has 0 aliphatic rings. The maximum absolute atomic E-state index is 12.7. The summed E-state index contributed by atoms with van der Waals surface area (Å²) in [5, 5.41) is 0. The molecule has 0 saturated carbocycles. The quantitative estimate of drug-likeness (QED) is 0.0213. The van der Waals surface area contributed by atoms with E-state index in [0.717, 1.165) is 38.5 Å². The number of phosphoric acid groups is 1. The van der Waals surface area contributed by atoms with E-state index in [4.69, 9.17) is 18.5 Å². The lowest BCUT2D eigenvalue weighted by Gasteiger charge is -2.24. The fourth-order valence-electron chi connectivity index (χ4n) is 5.88. The molecule has 9 nitrogen and oxygen atoms in total. The van der Waals surface area contributed by atoms with E-state index in [1.165, 1.54) is 103 Å². The number of hydrogen-bond donors (Lipinski definition) is 1. The first kappa shape index (κ1) is 55.7. The van der Waals surface area contributed by atoms with Gasteiger partial charge < -0.3 is 18.9 Å². The number of ether oxygens (including phenoxy) is 2. The van der Waals surface area contributed by atoms with Crippen molar-refractivity contribution in [2.45, 2.75) is 187 Å². The molecule has 0 fully saturated rings. The van der Waals surface area contributed by atoms with Gasteiger partial charge in [-0.05, 0) is 77.0 Å². The van der Waals surface area contributed by atoms with Crippen molar-refractivity contribution in [3.63, 3.8) is 0 Å². The lowest BCUT2D eigenvalue weighted by Crippen LogP contribution is -2.37. The normalized spacial score (nSPS) is 14.1. The number of carbonyl (C=O) groups is 2. The van der Waals surface area contributed by atoms with Crippen LogP contribution in [0.1, 0.15) is 181 Å². The van der Waals surface area contributed by atoms with Crippen molar-refractivity contribution < 1.29 is 42.1 Å². The molecule has 0 amide bonds. The van der Waals surface area contributed by atoms with E-state index < -0.39 is 26.5 Å². The lowest BCUT2D eigenvalue weighted by atomic mass is 10.1. The molecule has 0 aliphatic carbocycles. The minimum Gasteiger partial charge on any atom is -0.462 e. The van der Waals surface area contributed by atoms with E-state index in [9.17, 15) is 19.0 Å². The minimum absolute atomic E-state index is 0.0192. The Balaban J connectivity index is 4.43. The zero-order chi connectivity index (χ0) is 42.8. The van der Waals surface area contributed by atoms with Crippen LogP contribution in [-0.2, 0) is 32.7 Å². The third-order valence-corrected chi connectivity index (χ3v) is 10.5. The Kier molecular flexibility index (Phi) is 38.5. The summed E-state index contributed by atoms with van der Waals surface area (Å²) in [5.41, 5.74) is 0. The topological polar surface area (TPSA) is 108 Å². The average Bonchev–Trinajstić information content (AvgIpc) is 3.17. The molecule has 0 heterocycles. The SMILES string of the molecule is CCCCC/C=C/C/C=C/C/C=C/C/C=C/CCCC(=O)O[C@H](COC(=O)CCCCCCCCCCC/C=C/CCCCCC)COP(=O)(O)OCC[N+](C)(C)C. The van der Waals surface area contributed by atoms with Crippen LogP contribution in [0, 0.1) is 0 Å². The molecule has 1 unspecified atom stereocenters. The maximum Gasteiger partial charge on any atom is 0.472 e. The molecule has 0 aromatic carbocycles. The van der Waals surface area contributed by atoms with Crippen molar-refractivity contribution in [1.82, 2.24) is 0 Å². The summed E-state index contributed by atoms with van der Waals surface area (Å²) in [6, 6.07) is 0. The van der Waals surface area contributed by atoms with E-state index in [2.05, 4.69) is 68.5 Å². The minimum atomic E-state index is -4.39. The number of esters is 2. The van der Waals surface area contributed by atoms with Crippen LogP contribution < -0.4 is 0 Å². The summed E-state index contributed by atoms with van der Waals surface area (Å²) >= 11 is 0. The maximum atomic E-state index is 12.7. The van der Waals surface area contributed by atoms with Gasteiger partial charge in [-0.15, -0.1) is 0 Å². The number of likely N-dealkylation sites (N-methyl/N-ethyl adjacent to an activating group) is 1. The van der Waals surface area contributed by atoms with Crippen molar-refractivity contribution >= 4 is 19.8 Å². The van der Waals surface area contributed by atoms with Gasteiger partial charge in [0, 0.05) is 12.8 Å². The summed E-state index contributed by atoms with van der Waals surface area (Å²) in [5.74, 6) is -0.868. The Morgan fingerprint density at radius 3 is 1.48 bits per heavy atom. The van der Waals surface area contributed by atoms with Crippen LogP contribution in [0.25, 0.3) is 0 Å². The van der Waals surface area contributed by atoms with Gasteiger partial charge in [0.05, 0.1) is 27.7 Å². The molecule has 336 valence electrons. The molecule has 0 spiro atoms. The highest BCUT2D eigenvalue weighted by Crippen LogP contribution is 2.43. The van der Waals surface area contributed by atoms with Gasteiger partial charge in [-0.1, -0.05) is 152 Å². The summed E-state index contributed by atoms with van der Waals surface area (Å²) in [7, 11) is 1.43. The first-order valence-electron chi connectivity index (χ1n) is 23.0. The Bertz CT molecular complexity index is 1170. The molecule has 1 N–H and O–H groups in total. The van der Waals surface area contributed by atoms with Gasteiger partial charge in [-0.3, -0.25) is 18.6 Å². The van der Waals surface area contributed by atoms with E-state index in [1.807, 2.05) is 27.2 Å². The Hall–Kier alpha value is -2.29. The van der Waals surface area contributed by atoms with Gasteiger partial charge in [0.15, 0.2) is 6.10 Å². The number of rotatable bonds is 41. The molecule has 0 aromatic heterocycles. The second-order valence-corrected chi connectivity index (χ2v) is 17.9. The Labute approximate surface area is 356 Å². The highest BCUT2D eigenvalue weighted by atomic mass is 31.2. The van der Waals surface area contributed by atoms with Crippen molar-refractivity contribution in [1.29, 1.82) is 0 Å². The molecular formula is C48H87NO8P+. The van der Waals surface area contributed by atoms with Gasteiger partial charge in [-0.2, -0.15) is 0 Å². The number of unbranched alkanes of at least 4 members (excludes halogenated alkanes) is 17. The third kappa shape index (κ3) is 43.3. The zero-order valence-corrected chi connectivity index (χ0v) is 38.7. The van der Waals surface area contributed by atoms with Crippen LogP contribution >= 0.6 is 7.82 Å². The number of nitrogens with zero attached hydrogens (tertiary/aromatic N) is 1. The summed E-state index contributed by atoms with van der Waals surface area (Å²) in [6.07, 6.45) is 48.4. The van der Waals surface area contributed by atoms with Crippen molar-refractivity contribution in [3.8, 4) is 0 Å². The first-order valence-corrected chi connectivity index (χ1v) is 24.5. The summed E-state index contributed by atoms with van der Waals surface area (Å²) < 4.78 is 34.3. The second kappa shape index (κ2) is 40.1. The van der Waals surface area contributed by atoms with Crippen LogP contribution in [0.2, 0.25) is 0 Å². The average molecular weight is 837 g/mol. The van der Waals surface area contributed by atoms with E-state index in [0.29, 0.717) is 23.9 Å². The number of carbonyl (C=O) groups excluding carboxylic acids is 2. The van der Waals surface area contributed by atoms with Crippen LogP contribution in [0.4, 0.5) is 0 Å². The monoisotopic (exact) mass is 837 g/mol. The molecule has 58 heavy (non-hydrogen) atoms. The predicted octanol–water partition coefficient (Wildman–Crippen LogP) is 13.2. The van der Waals surface area contributed by atoms with E-state index in [-0.39, 0.29) is 32.0 Å². The van der Waals surface area contributed by atoms with Crippen molar-refractivity contribution in [2.24, 2.45) is 0 Å². The van der Waals surface area contributed by atoms with Gasteiger partial charge in [-0.25, -0.2) is 4.57 Å². The third-order valence-electron chi connectivity index (χ3n) is 9.52. The largest absolute Gasteiger partial charge is 0.472 e. The molecular weight excluding hydrogens is 750 g/mol. The lowest BCUT2D eigenvalue weighted by molar-refractivity contribution is -0.870. The second-order valence-electron chi connectivity index (χ2n) is 16.4. The van der Waals surface area contributed by atoms with Crippen LogP contribution in [0.15, 0.2) is 60.8 Å². The first-order chi connectivity index (χ1) is 28.0. The smallest absolute Gasteiger partial charge is 0.462 e. The Morgan fingerprint density at radius 2 is 0.948 bits per heavy atom. The predicted molar refractivity (Wildman–Crippen MR) is 243 cm³/mol. The molecule has 0 radical (unpaired) electrons. The Morgan fingerprint density at radius 1 is 0.534 bits per heavy atom. The van der Waals surface area contributed by atoms with Gasteiger partial charge in [0.25, 0.3) is 0 Å². The number of hydrogen-bond acceptors (Lipinski definition) is 7. The fourth-order valence-corrected chi connectivity index (χ4v) is 6.62. The summed E-state index contributed by atoms with van der Waals surface area (Å²) in [4.78, 5) is 35.4. The molecule has 0 rings (SSSR count). The van der Waals surface area contributed by atoms with E-state index in [1.54, 1.807) is 0 Å². The van der Waals surface area contributed by atoms with Crippen LogP contribution in [0.3, 0.4) is 0 Å². The van der Waals surface area contributed by atoms with Gasteiger partial charge in [0.1, 0.15) is 19.8 Å². The number of quaternary nitrogens is 1. The standard InChI is InChI=1S/C48H86NO8P/c1-6-8-10-12-14-16-18-20-22-24-26-28-30-32-34-36-38-40-47(50)54-44-46(45-56-58(52,53)55-43-42-49(3,4)5)57-48(51)41-39-37-35-33-31-29-27-25-23-21-19-17-15-13-11-9-7-2/h15-18,21,23,27,29,33,35,46H,6-14,19-20,22,24-26,28,30-32,34,36-45H2,1-5H3/p+1/b17-15+,18-16+,23-21+,29-27+,35-33+/t46-/m1/s1. The molecule has 0 bridgehead atoms. The van der Waals surface area contributed by atoms with Crippen LogP contribution in [0.5, 0.6) is 0 Å². The van der Waals surface area contributed by atoms with E-state index >= 15 is 0 Å². The van der Waals surface area contributed by atoms with Crippen molar-refractivity contribution in [3.05, 3.63) is 60.8 Å². The van der Waals surface area contributed by atoms with Crippen LogP contribution in [-0.4, -0.2) is 74.9 Å². The van der Waals surface area contributed by atoms with Crippen molar-refractivity contribution in [2.75, 3.05) is 47.5 Å². The highest BCUT2D eigenvalue weighted by molar-refractivity contribution is 7.47. The molecule has 0 saturated heterocycles. The highest BCUT2D eigenvalue weighted by Gasteiger charge is 2.27. The zero-order valence-electron chi connectivity index (χ0n) is 37.8. The summed E-state index contributed by atoms with van der Waals surface area (Å²) in [6.45, 7) is 4.31.